The van der Waals surface area contributed by atoms with Gasteiger partial charge in [0.05, 0.1) is 17.8 Å². The van der Waals surface area contributed by atoms with Crippen LogP contribution in [0.15, 0.2) is 48.0 Å². The highest BCUT2D eigenvalue weighted by atomic mass is 35.5. The number of rotatable bonds is 6. The first-order valence-corrected chi connectivity index (χ1v) is 8.29. The second kappa shape index (κ2) is 9.41. The SMILES string of the molecule is COc1ccc(/C=C(\C#N)C(=O)OCC(=O)Nc2ccc(C)cc2Cl)cc1. The van der Waals surface area contributed by atoms with Crippen LogP contribution in [0.5, 0.6) is 5.75 Å². The van der Waals surface area contributed by atoms with Crippen molar-refractivity contribution in [1.82, 2.24) is 0 Å². The third-order valence-electron chi connectivity index (χ3n) is 3.50. The molecule has 2 rings (SSSR count). The Bertz CT molecular complexity index is 915. The van der Waals surface area contributed by atoms with Crippen molar-refractivity contribution in [3.8, 4) is 11.8 Å². The van der Waals surface area contributed by atoms with Crippen LogP contribution in [0.3, 0.4) is 0 Å². The molecule has 0 aliphatic carbocycles. The number of nitriles is 1. The van der Waals surface area contributed by atoms with Crippen LogP contribution >= 0.6 is 11.6 Å². The highest BCUT2D eigenvalue weighted by Gasteiger charge is 2.14. The number of amides is 1. The molecule has 0 atom stereocenters. The lowest BCUT2D eigenvalue weighted by molar-refractivity contribution is -0.142. The largest absolute Gasteiger partial charge is 0.497 e. The Labute approximate surface area is 162 Å². The van der Waals surface area contributed by atoms with E-state index in [-0.39, 0.29) is 5.57 Å². The summed E-state index contributed by atoms with van der Waals surface area (Å²) in [7, 11) is 1.54. The molecule has 0 heterocycles. The van der Waals surface area contributed by atoms with Crippen LogP contribution in [0.25, 0.3) is 6.08 Å². The highest BCUT2D eigenvalue weighted by molar-refractivity contribution is 6.33. The number of anilines is 1. The summed E-state index contributed by atoms with van der Waals surface area (Å²) >= 11 is 6.04. The van der Waals surface area contributed by atoms with Crippen LogP contribution in [0, 0.1) is 18.3 Å². The number of methoxy groups -OCH3 is 1. The summed E-state index contributed by atoms with van der Waals surface area (Å²) in [6.45, 7) is 1.34. The minimum absolute atomic E-state index is 0.221. The summed E-state index contributed by atoms with van der Waals surface area (Å²) in [4.78, 5) is 24.0. The summed E-state index contributed by atoms with van der Waals surface area (Å²) in [5.74, 6) is -0.797. The Morgan fingerprint density at radius 1 is 1.22 bits per heavy atom. The number of hydrogen-bond donors (Lipinski definition) is 1. The van der Waals surface area contributed by atoms with Gasteiger partial charge in [-0.3, -0.25) is 4.79 Å². The van der Waals surface area contributed by atoms with Crippen LogP contribution in [-0.4, -0.2) is 25.6 Å². The monoisotopic (exact) mass is 384 g/mol. The van der Waals surface area contributed by atoms with Gasteiger partial charge >= 0.3 is 5.97 Å². The lowest BCUT2D eigenvalue weighted by Gasteiger charge is -2.08. The number of carbonyl (C=O) groups excluding carboxylic acids is 2. The van der Waals surface area contributed by atoms with Crippen molar-refractivity contribution < 1.29 is 19.1 Å². The number of hydrogen-bond acceptors (Lipinski definition) is 5. The maximum Gasteiger partial charge on any atom is 0.349 e. The minimum Gasteiger partial charge on any atom is -0.497 e. The molecule has 6 nitrogen and oxygen atoms in total. The van der Waals surface area contributed by atoms with Crippen molar-refractivity contribution in [1.29, 1.82) is 5.26 Å². The zero-order valence-electron chi connectivity index (χ0n) is 14.8. The van der Waals surface area contributed by atoms with Gasteiger partial charge in [-0.2, -0.15) is 5.26 Å². The molecule has 2 aromatic rings. The van der Waals surface area contributed by atoms with Gasteiger partial charge in [-0.05, 0) is 48.4 Å². The predicted molar refractivity (Wildman–Crippen MR) is 102 cm³/mol. The Morgan fingerprint density at radius 2 is 1.93 bits per heavy atom. The standard InChI is InChI=1S/C20H17ClN2O4/c1-13-3-8-18(17(21)9-13)23-19(24)12-27-20(25)15(11-22)10-14-4-6-16(26-2)7-5-14/h3-10H,12H2,1-2H3,(H,23,24)/b15-10+. The van der Waals surface area contributed by atoms with Gasteiger partial charge < -0.3 is 14.8 Å². The normalized spacial score (nSPS) is 10.7. The topological polar surface area (TPSA) is 88.4 Å². The Kier molecular flexibility index (Phi) is 6.98. The Balaban J connectivity index is 1.96. The summed E-state index contributed by atoms with van der Waals surface area (Å²) in [5, 5.41) is 12.1. The fourth-order valence-corrected chi connectivity index (χ4v) is 2.40. The van der Waals surface area contributed by atoms with Crippen molar-refractivity contribution in [2.24, 2.45) is 0 Å². The van der Waals surface area contributed by atoms with E-state index in [2.05, 4.69) is 5.32 Å². The highest BCUT2D eigenvalue weighted by Crippen LogP contribution is 2.22. The van der Waals surface area contributed by atoms with Crippen LogP contribution in [0.4, 0.5) is 5.69 Å². The van der Waals surface area contributed by atoms with E-state index >= 15 is 0 Å². The maximum absolute atomic E-state index is 12.0. The summed E-state index contributed by atoms with van der Waals surface area (Å²) in [5.41, 5.74) is 1.77. The molecule has 2 aromatic carbocycles. The van der Waals surface area contributed by atoms with Gasteiger partial charge in [-0.1, -0.05) is 29.8 Å². The van der Waals surface area contributed by atoms with E-state index in [0.29, 0.717) is 22.0 Å². The number of esters is 1. The third kappa shape index (κ3) is 5.87. The van der Waals surface area contributed by atoms with Crippen molar-refractivity contribution in [3.05, 3.63) is 64.2 Å². The third-order valence-corrected chi connectivity index (χ3v) is 3.81. The fourth-order valence-electron chi connectivity index (χ4n) is 2.12. The van der Waals surface area contributed by atoms with Gasteiger partial charge in [0.1, 0.15) is 17.4 Å². The summed E-state index contributed by atoms with van der Waals surface area (Å²) in [6, 6.07) is 13.7. The molecule has 1 N–H and O–H groups in total. The van der Waals surface area contributed by atoms with E-state index in [1.807, 2.05) is 6.92 Å². The molecule has 7 heteroatoms. The molecule has 0 unspecified atom stereocenters. The second-order valence-corrected chi connectivity index (χ2v) is 5.96. The molecule has 0 aromatic heterocycles. The zero-order chi connectivity index (χ0) is 19.8. The van der Waals surface area contributed by atoms with Gasteiger partial charge in [0.25, 0.3) is 5.91 Å². The van der Waals surface area contributed by atoms with Crippen LogP contribution in [0.2, 0.25) is 5.02 Å². The first-order chi connectivity index (χ1) is 12.9. The molecule has 0 bridgehead atoms. The lowest BCUT2D eigenvalue weighted by Crippen LogP contribution is -2.21. The number of nitrogens with one attached hydrogen (secondary N) is 1. The van der Waals surface area contributed by atoms with Gasteiger partial charge in [0.2, 0.25) is 0 Å². The molecule has 0 saturated carbocycles. The quantitative estimate of drug-likeness (QED) is 0.465. The molecule has 0 aliphatic rings. The first-order valence-electron chi connectivity index (χ1n) is 7.92. The fraction of sp³-hybridized carbons (Fsp3) is 0.150. The molecule has 138 valence electrons. The molecule has 27 heavy (non-hydrogen) atoms. The van der Waals surface area contributed by atoms with Gasteiger partial charge in [0, 0.05) is 0 Å². The van der Waals surface area contributed by atoms with E-state index in [1.54, 1.807) is 48.5 Å². The minimum atomic E-state index is -0.890. The van der Waals surface area contributed by atoms with Crippen molar-refractivity contribution >= 4 is 35.2 Å². The van der Waals surface area contributed by atoms with E-state index in [1.165, 1.54) is 13.2 Å². The second-order valence-electron chi connectivity index (χ2n) is 5.55. The average molecular weight is 385 g/mol. The van der Waals surface area contributed by atoms with Crippen molar-refractivity contribution in [2.75, 3.05) is 19.0 Å². The van der Waals surface area contributed by atoms with Gasteiger partial charge in [-0.25, -0.2) is 4.79 Å². The number of aryl methyl sites for hydroxylation is 1. The van der Waals surface area contributed by atoms with Crippen molar-refractivity contribution in [3.63, 3.8) is 0 Å². The molecule has 0 fully saturated rings. The van der Waals surface area contributed by atoms with Crippen LogP contribution in [0.1, 0.15) is 11.1 Å². The number of ether oxygens (including phenoxy) is 2. The van der Waals surface area contributed by atoms with E-state index < -0.39 is 18.5 Å². The van der Waals surface area contributed by atoms with Crippen molar-refractivity contribution in [2.45, 2.75) is 6.92 Å². The molecule has 1 amide bonds. The zero-order valence-corrected chi connectivity index (χ0v) is 15.5. The molecular weight excluding hydrogens is 368 g/mol. The van der Waals surface area contributed by atoms with E-state index in [4.69, 9.17) is 26.3 Å². The first kappa shape index (κ1) is 20.0. The average Bonchev–Trinajstić information content (AvgIpc) is 2.67. The van der Waals surface area contributed by atoms with Crippen LogP contribution in [-0.2, 0) is 14.3 Å². The Hall–Kier alpha value is -3.30. The number of nitrogens with zero attached hydrogens (tertiary/aromatic N) is 1. The maximum atomic E-state index is 12.0. The Morgan fingerprint density at radius 3 is 2.52 bits per heavy atom. The number of halogens is 1. The van der Waals surface area contributed by atoms with Gasteiger partial charge in [-0.15, -0.1) is 0 Å². The number of carbonyl (C=O) groups is 2. The van der Waals surface area contributed by atoms with E-state index in [0.717, 1.165) is 5.56 Å². The molecule has 0 saturated heterocycles. The molecule has 0 radical (unpaired) electrons. The predicted octanol–water partition coefficient (Wildman–Crippen LogP) is 3.75. The summed E-state index contributed by atoms with van der Waals surface area (Å²) < 4.78 is 9.95. The molecule has 0 aliphatic heterocycles. The van der Waals surface area contributed by atoms with E-state index in [9.17, 15) is 9.59 Å². The molecular formula is C20H17ClN2O4. The van der Waals surface area contributed by atoms with Gasteiger partial charge in [0.15, 0.2) is 6.61 Å². The molecule has 0 spiro atoms. The smallest absolute Gasteiger partial charge is 0.349 e. The summed E-state index contributed by atoms with van der Waals surface area (Å²) in [6.07, 6.45) is 1.37. The lowest BCUT2D eigenvalue weighted by atomic mass is 10.1. The van der Waals surface area contributed by atoms with Crippen LogP contribution < -0.4 is 10.1 Å². The number of benzene rings is 2.